The molecule has 1 saturated carbocycles. The van der Waals surface area contributed by atoms with Gasteiger partial charge in [-0.15, -0.1) is 0 Å². The normalized spacial score (nSPS) is 18.2. The number of nitrogens with two attached hydrogens (primary N) is 1. The van der Waals surface area contributed by atoms with Crippen LogP contribution in [0.15, 0.2) is 24.4 Å². The van der Waals surface area contributed by atoms with Crippen molar-refractivity contribution in [3.8, 4) is 5.75 Å². The number of carbonyl (C=O) groups is 2. The van der Waals surface area contributed by atoms with Gasteiger partial charge in [0.25, 0.3) is 0 Å². The first-order valence-corrected chi connectivity index (χ1v) is 10.5. The average Bonchev–Trinajstić information content (AvgIpc) is 2.74. The van der Waals surface area contributed by atoms with Gasteiger partial charge in [-0.2, -0.15) is 4.98 Å². The van der Waals surface area contributed by atoms with Gasteiger partial charge in [0.15, 0.2) is 0 Å². The summed E-state index contributed by atoms with van der Waals surface area (Å²) in [5.41, 5.74) is 6.12. The molecule has 1 aliphatic rings. The quantitative estimate of drug-likeness (QED) is 0.554. The predicted octanol–water partition coefficient (Wildman–Crippen LogP) is 3.30. The number of hydrogen-bond acceptors (Lipinski definition) is 8. The number of ketones is 1. The largest absolute Gasteiger partial charge is 0.496 e. The Bertz CT molecular complexity index is 977. The second kappa shape index (κ2) is 10.3. The lowest BCUT2D eigenvalue weighted by Gasteiger charge is -2.29. The number of nitrogen functional groups attached to an aromatic ring is 1. The molecule has 4 N–H and O–H groups in total. The van der Waals surface area contributed by atoms with Crippen LogP contribution in [-0.2, 0) is 4.74 Å². The molecule has 9 nitrogen and oxygen atoms in total. The lowest BCUT2D eigenvalue weighted by molar-refractivity contribution is 0.103. The van der Waals surface area contributed by atoms with Crippen molar-refractivity contribution in [1.29, 1.82) is 0 Å². The van der Waals surface area contributed by atoms with E-state index in [1.54, 1.807) is 13.8 Å². The lowest BCUT2D eigenvalue weighted by atomic mass is 9.91. The molecule has 1 amide bonds. The zero-order valence-corrected chi connectivity index (χ0v) is 18.4. The van der Waals surface area contributed by atoms with E-state index in [-0.39, 0.29) is 40.9 Å². The Labute approximate surface area is 185 Å². The highest BCUT2D eigenvalue weighted by Crippen LogP contribution is 2.26. The zero-order valence-electron chi connectivity index (χ0n) is 18.4. The fourth-order valence-electron chi connectivity index (χ4n) is 3.62. The molecule has 1 heterocycles. The molecule has 1 aromatic heterocycles. The van der Waals surface area contributed by atoms with Crippen LogP contribution in [0.25, 0.3) is 0 Å². The van der Waals surface area contributed by atoms with Crippen LogP contribution in [-0.4, -0.2) is 47.1 Å². The van der Waals surface area contributed by atoms with E-state index < -0.39 is 17.7 Å². The van der Waals surface area contributed by atoms with Gasteiger partial charge < -0.3 is 25.8 Å². The maximum Gasteiger partial charge on any atom is 0.407 e. The number of nitrogens with one attached hydrogen (secondary N) is 2. The summed E-state index contributed by atoms with van der Waals surface area (Å²) in [5.74, 6) is -0.549. The molecule has 0 atom stereocenters. The Morgan fingerprint density at radius 3 is 2.47 bits per heavy atom. The van der Waals surface area contributed by atoms with Gasteiger partial charge in [0.1, 0.15) is 17.4 Å². The molecular formula is C22H28FN5O4. The van der Waals surface area contributed by atoms with E-state index in [0.29, 0.717) is 5.95 Å². The predicted molar refractivity (Wildman–Crippen MR) is 117 cm³/mol. The number of methoxy groups -OCH3 is 1. The molecule has 0 aliphatic heterocycles. The minimum Gasteiger partial charge on any atom is -0.496 e. The fourth-order valence-corrected chi connectivity index (χ4v) is 3.62. The molecule has 0 unspecified atom stereocenters. The van der Waals surface area contributed by atoms with E-state index in [4.69, 9.17) is 15.2 Å². The Hall–Kier alpha value is -3.43. The van der Waals surface area contributed by atoms with Crippen LogP contribution < -0.4 is 21.1 Å². The third-order valence-electron chi connectivity index (χ3n) is 5.19. The van der Waals surface area contributed by atoms with E-state index in [1.807, 2.05) is 0 Å². The molecule has 10 heteroatoms. The van der Waals surface area contributed by atoms with Crippen molar-refractivity contribution in [1.82, 2.24) is 15.3 Å². The molecule has 2 aromatic rings. The molecule has 0 radical (unpaired) electrons. The Balaban J connectivity index is 1.60. The van der Waals surface area contributed by atoms with E-state index in [1.165, 1.54) is 25.4 Å². The van der Waals surface area contributed by atoms with Crippen molar-refractivity contribution >= 4 is 23.6 Å². The van der Waals surface area contributed by atoms with Crippen LogP contribution in [0.1, 0.15) is 55.5 Å². The third-order valence-corrected chi connectivity index (χ3v) is 5.19. The highest BCUT2D eigenvalue weighted by molar-refractivity contribution is 6.13. The number of anilines is 2. The van der Waals surface area contributed by atoms with Gasteiger partial charge >= 0.3 is 6.09 Å². The number of carbonyl (C=O) groups excluding carboxylic acids is 2. The summed E-state index contributed by atoms with van der Waals surface area (Å²) in [5, 5.41) is 6.10. The van der Waals surface area contributed by atoms with Gasteiger partial charge in [-0.1, -0.05) is 0 Å². The molecule has 3 rings (SSSR count). The summed E-state index contributed by atoms with van der Waals surface area (Å²) in [7, 11) is 1.40. The summed E-state index contributed by atoms with van der Waals surface area (Å²) < 4.78 is 23.9. The first-order valence-electron chi connectivity index (χ1n) is 10.5. The van der Waals surface area contributed by atoms with Crippen molar-refractivity contribution in [3.63, 3.8) is 0 Å². The van der Waals surface area contributed by atoms with Crippen LogP contribution >= 0.6 is 0 Å². The van der Waals surface area contributed by atoms with Crippen LogP contribution in [0.4, 0.5) is 21.0 Å². The number of benzene rings is 1. The fraction of sp³-hybridized carbons (Fsp3) is 0.455. The minimum atomic E-state index is -0.561. The van der Waals surface area contributed by atoms with Crippen LogP contribution in [0, 0.1) is 5.82 Å². The monoisotopic (exact) mass is 445 g/mol. The molecular weight excluding hydrogens is 417 g/mol. The molecule has 1 fully saturated rings. The van der Waals surface area contributed by atoms with Gasteiger partial charge in [0, 0.05) is 18.3 Å². The number of amides is 1. The van der Waals surface area contributed by atoms with Crippen molar-refractivity contribution in [3.05, 3.63) is 41.3 Å². The standard InChI is InChI=1S/C22H28FN5O4/c1-12(2)32-22(30)27-15-7-5-14(6-8-15)26-21-25-11-17(20(24)28-21)19(29)16-10-13(23)4-9-18(16)31-3/h4,9-12,14-15H,5-8H2,1-3H3,(H,27,30)(H3,24,25,26,28). The number of aromatic nitrogens is 2. The average molecular weight is 445 g/mol. The van der Waals surface area contributed by atoms with E-state index in [0.717, 1.165) is 31.7 Å². The Kier molecular flexibility index (Phi) is 7.45. The highest BCUT2D eigenvalue weighted by Gasteiger charge is 2.24. The zero-order chi connectivity index (χ0) is 23.3. The number of rotatable bonds is 7. The van der Waals surface area contributed by atoms with Gasteiger partial charge in [-0.05, 0) is 57.7 Å². The maximum atomic E-state index is 13.6. The second-order valence-electron chi connectivity index (χ2n) is 7.96. The van der Waals surface area contributed by atoms with E-state index in [2.05, 4.69) is 20.6 Å². The molecule has 172 valence electrons. The number of hydrogen-bond donors (Lipinski definition) is 3. The summed E-state index contributed by atoms with van der Waals surface area (Å²) in [4.78, 5) is 33.0. The van der Waals surface area contributed by atoms with Crippen molar-refractivity contribution in [2.45, 2.75) is 57.7 Å². The number of alkyl carbamates (subject to hydrolysis) is 1. The smallest absolute Gasteiger partial charge is 0.407 e. The Morgan fingerprint density at radius 1 is 1.16 bits per heavy atom. The highest BCUT2D eigenvalue weighted by atomic mass is 19.1. The summed E-state index contributed by atoms with van der Waals surface area (Å²) in [6.45, 7) is 3.61. The van der Waals surface area contributed by atoms with E-state index in [9.17, 15) is 14.0 Å². The first kappa shape index (κ1) is 23.2. The molecule has 1 aromatic carbocycles. The van der Waals surface area contributed by atoms with Crippen molar-refractivity contribution in [2.75, 3.05) is 18.2 Å². The van der Waals surface area contributed by atoms with Crippen LogP contribution in [0.3, 0.4) is 0 Å². The minimum absolute atomic E-state index is 0.00871. The summed E-state index contributed by atoms with van der Waals surface area (Å²) in [6.07, 6.45) is 3.95. The van der Waals surface area contributed by atoms with Crippen LogP contribution in [0.2, 0.25) is 0 Å². The lowest BCUT2D eigenvalue weighted by Crippen LogP contribution is -2.41. The molecule has 0 saturated heterocycles. The third kappa shape index (κ3) is 5.83. The van der Waals surface area contributed by atoms with Gasteiger partial charge in [0.2, 0.25) is 11.7 Å². The number of halogens is 1. The maximum absolute atomic E-state index is 13.6. The van der Waals surface area contributed by atoms with Gasteiger partial charge in [-0.25, -0.2) is 14.2 Å². The Morgan fingerprint density at radius 2 is 1.84 bits per heavy atom. The number of nitrogens with zero attached hydrogens (tertiary/aromatic N) is 2. The van der Waals surface area contributed by atoms with Crippen LogP contribution in [0.5, 0.6) is 5.75 Å². The summed E-state index contributed by atoms with van der Waals surface area (Å²) >= 11 is 0. The SMILES string of the molecule is COc1ccc(F)cc1C(=O)c1cnc(NC2CCC(NC(=O)OC(C)C)CC2)nc1N. The molecule has 1 aliphatic carbocycles. The molecule has 0 spiro atoms. The van der Waals surface area contributed by atoms with E-state index >= 15 is 0 Å². The van der Waals surface area contributed by atoms with Crippen molar-refractivity contribution in [2.24, 2.45) is 0 Å². The summed E-state index contributed by atoms with van der Waals surface area (Å²) in [6, 6.07) is 3.85. The second-order valence-corrected chi connectivity index (χ2v) is 7.96. The van der Waals surface area contributed by atoms with Crippen molar-refractivity contribution < 1.29 is 23.5 Å². The van der Waals surface area contributed by atoms with Gasteiger partial charge in [0.05, 0.1) is 24.3 Å². The molecule has 32 heavy (non-hydrogen) atoms. The number of ether oxygens (including phenoxy) is 2. The molecule has 0 bridgehead atoms. The first-order chi connectivity index (χ1) is 15.3. The van der Waals surface area contributed by atoms with Gasteiger partial charge in [-0.3, -0.25) is 4.79 Å². The topological polar surface area (TPSA) is 128 Å².